The molecule has 1 aromatic heterocycles. The predicted molar refractivity (Wildman–Crippen MR) is 79.1 cm³/mol. The number of nitrogens with zero attached hydrogens (tertiary/aromatic N) is 2. The van der Waals surface area contributed by atoms with Crippen LogP contribution in [-0.4, -0.2) is 36.0 Å². The summed E-state index contributed by atoms with van der Waals surface area (Å²) in [6.07, 6.45) is 2.52. The fraction of sp³-hybridized carbons (Fsp3) is 0.462. The summed E-state index contributed by atoms with van der Waals surface area (Å²) in [6.45, 7) is 3.51. The lowest BCUT2D eigenvalue weighted by atomic mass is 9.89. The van der Waals surface area contributed by atoms with Crippen LogP contribution in [0.3, 0.4) is 0 Å². The molecule has 1 aromatic rings. The smallest absolute Gasteiger partial charge is 0.227 e. The first kappa shape index (κ1) is 13.7. The van der Waals surface area contributed by atoms with Crippen LogP contribution in [0.25, 0.3) is 0 Å². The molecule has 0 bridgehead atoms. The normalized spacial score (nSPS) is 22.3. The van der Waals surface area contributed by atoms with Gasteiger partial charge in [0, 0.05) is 32.0 Å². The molecule has 19 heavy (non-hydrogen) atoms. The third kappa shape index (κ3) is 2.68. The molecule has 1 amide bonds. The van der Waals surface area contributed by atoms with Gasteiger partial charge >= 0.3 is 0 Å². The second-order valence-corrected chi connectivity index (χ2v) is 5.51. The number of amides is 1. The zero-order valence-electron chi connectivity index (χ0n) is 11.1. The molecule has 2 rings (SSSR count). The fourth-order valence-corrected chi connectivity index (χ4v) is 2.53. The molecule has 5 nitrogen and oxygen atoms in total. The van der Waals surface area contributed by atoms with Gasteiger partial charge in [-0.1, -0.05) is 12.2 Å². The van der Waals surface area contributed by atoms with Gasteiger partial charge in [0.1, 0.15) is 4.99 Å². The molecule has 2 heterocycles. The second kappa shape index (κ2) is 5.13. The molecule has 1 atom stereocenters. The standard InChI is InChI=1S/C13H18N4OS/c1-13(12(18)15-2)4-6-17(8-13)9-3-5-16-10(7-9)11(14)19/h3,5,7H,4,6,8H2,1-2H3,(H2,14,19)(H,15,18). The van der Waals surface area contributed by atoms with E-state index in [9.17, 15) is 4.79 Å². The van der Waals surface area contributed by atoms with Gasteiger partial charge in [-0.2, -0.15) is 0 Å². The summed E-state index contributed by atoms with van der Waals surface area (Å²) in [6, 6.07) is 3.79. The molecule has 1 unspecified atom stereocenters. The van der Waals surface area contributed by atoms with Crippen molar-refractivity contribution in [2.45, 2.75) is 13.3 Å². The Morgan fingerprint density at radius 2 is 2.37 bits per heavy atom. The average molecular weight is 278 g/mol. The van der Waals surface area contributed by atoms with Crippen LogP contribution in [0.1, 0.15) is 19.0 Å². The van der Waals surface area contributed by atoms with Crippen LogP contribution in [0.4, 0.5) is 5.69 Å². The lowest BCUT2D eigenvalue weighted by molar-refractivity contribution is -0.128. The molecule has 1 aliphatic rings. The van der Waals surface area contributed by atoms with E-state index in [0.717, 1.165) is 18.7 Å². The van der Waals surface area contributed by atoms with Gasteiger partial charge in [-0.25, -0.2) is 0 Å². The van der Waals surface area contributed by atoms with E-state index >= 15 is 0 Å². The van der Waals surface area contributed by atoms with Gasteiger partial charge in [-0.15, -0.1) is 0 Å². The maximum absolute atomic E-state index is 11.9. The number of thiocarbonyl (C=S) groups is 1. The van der Waals surface area contributed by atoms with Crippen molar-refractivity contribution in [1.29, 1.82) is 0 Å². The summed E-state index contributed by atoms with van der Waals surface area (Å²) in [5.41, 5.74) is 6.86. The van der Waals surface area contributed by atoms with Crippen molar-refractivity contribution < 1.29 is 4.79 Å². The Morgan fingerprint density at radius 3 is 3.00 bits per heavy atom. The lowest BCUT2D eigenvalue weighted by Crippen LogP contribution is -2.39. The summed E-state index contributed by atoms with van der Waals surface area (Å²) in [4.78, 5) is 18.5. The zero-order valence-corrected chi connectivity index (χ0v) is 12.0. The molecule has 1 saturated heterocycles. The molecule has 1 fully saturated rings. The van der Waals surface area contributed by atoms with Gasteiger partial charge in [0.25, 0.3) is 0 Å². The number of carbonyl (C=O) groups is 1. The molecule has 1 aliphatic heterocycles. The van der Waals surface area contributed by atoms with E-state index in [1.165, 1.54) is 0 Å². The predicted octanol–water partition coefficient (Wildman–Crippen LogP) is 0.678. The van der Waals surface area contributed by atoms with Crippen molar-refractivity contribution in [2.24, 2.45) is 11.1 Å². The molecule has 0 spiro atoms. The molecule has 0 aliphatic carbocycles. The highest BCUT2D eigenvalue weighted by molar-refractivity contribution is 7.80. The highest BCUT2D eigenvalue weighted by Gasteiger charge is 2.39. The first-order valence-corrected chi connectivity index (χ1v) is 6.60. The number of nitrogens with one attached hydrogen (secondary N) is 1. The minimum Gasteiger partial charge on any atom is -0.388 e. The number of rotatable bonds is 3. The number of carbonyl (C=O) groups excluding carboxylic acids is 1. The topological polar surface area (TPSA) is 71.2 Å². The van der Waals surface area contributed by atoms with Crippen LogP contribution in [0.5, 0.6) is 0 Å². The largest absolute Gasteiger partial charge is 0.388 e. The Labute approximate surface area is 118 Å². The average Bonchev–Trinajstić information content (AvgIpc) is 2.82. The maximum atomic E-state index is 11.9. The van der Waals surface area contributed by atoms with Crippen molar-refractivity contribution in [3.63, 3.8) is 0 Å². The van der Waals surface area contributed by atoms with Crippen molar-refractivity contribution in [3.05, 3.63) is 24.0 Å². The van der Waals surface area contributed by atoms with Gasteiger partial charge in [-0.3, -0.25) is 9.78 Å². The molecule has 0 radical (unpaired) electrons. The lowest BCUT2D eigenvalue weighted by Gasteiger charge is -2.24. The summed E-state index contributed by atoms with van der Waals surface area (Å²) in [7, 11) is 1.67. The Hall–Kier alpha value is -1.69. The van der Waals surface area contributed by atoms with Crippen LogP contribution in [0.2, 0.25) is 0 Å². The van der Waals surface area contributed by atoms with Gasteiger partial charge in [0.2, 0.25) is 5.91 Å². The fourth-order valence-electron chi connectivity index (χ4n) is 2.42. The molecule has 3 N–H and O–H groups in total. The van der Waals surface area contributed by atoms with E-state index in [-0.39, 0.29) is 16.3 Å². The zero-order chi connectivity index (χ0) is 14.0. The van der Waals surface area contributed by atoms with E-state index in [4.69, 9.17) is 18.0 Å². The van der Waals surface area contributed by atoms with Gasteiger partial charge in [0.15, 0.2) is 0 Å². The number of hydrogen-bond acceptors (Lipinski definition) is 4. The van der Waals surface area contributed by atoms with E-state index in [2.05, 4.69) is 15.2 Å². The summed E-state index contributed by atoms with van der Waals surface area (Å²) in [5.74, 6) is 0.0821. The minimum atomic E-state index is -0.346. The first-order valence-electron chi connectivity index (χ1n) is 6.19. The van der Waals surface area contributed by atoms with Gasteiger partial charge in [0.05, 0.1) is 11.1 Å². The second-order valence-electron chi connectivity index (χ2n) is 5.07. The van der Waals surface area contributed by atoms with Gasteiger partial charge < -0.3 is 16.0 Å². The third-order valence-electron chi connectivity index (χ3n) is 3.61. The summed E-state index contributed by atoms with van der Waals surface area (Å²) >= 11 is 4.93. The van der Waals surface area contributed by atoms with Crippen LogP contribution in [0, 0.1) is 5.41 Å². The SMILES string of the molecule is CNC(=O)C1(C)CCN(c2ccnc(C(N)=S)c2)C1. The van der Waals surface area contributed by atoms with Crippen LogP contribution < -0.4 is 16.0 Å². The number of pyridine rings is 1. The Balaban J connectivity index is 2.19. The van der Waals surface area contributed by atoms with Crippen molar-refractivity contribution in [1.82, 2.24) is 10.3 Å². The third-order valence-corrected chi connectivity index (χ3v) is 3.82. The van der Waals surface area contributed by atoms with E-state index in [0.29, 0.717) is 12.2 Å². The number of nitrogens with two attached hydrogens (primary N) is 1. The summed E-state index contributed by atoms with van der Waals surface area (Å²) < 4.78 is 0. The monoisotopic (exact) mass is 278 g/mol. The number of anilines is 1. The van der Waals surface area contributed by atoms with Crippen LogP contribution in [-0.2, 0) is 4.79 Å². The molecule has 102 valence electrons. The Bertz CT molecular complexity index is 519. The quantitative estimate of drug-likeness (QED) is 0.796. The van der Waals surface area contributed by atoms with Crippen molar-refractivity contribution >= 4 is 28.8 Å². The number of aromatic nitrogens is 1. The molecular formula is C13H18N4OS. The first-order chi connectivity index (χ1) is 8.96. The highest BCUT2D eigenvalue weighted by atomic mass is 32.1. The van der Waals surface area contributed by atoms with E-state index < -0.39 is 0 Å². The van der Waals surface area contributed by atoms with Crippen molar-refractivity contribution in [2.75, 3.05) is 25.0 Å². The molecule has 0 saturated carbocycles. The van der Waals surface area contributed by atoms with Crippen LogP contribution in [0.15, 0.2) is 18.3 Å². The summed E-state index contributed by atoms with van der Waals surface area (Å²) in [5, 5.41) is 2.73. The molecule has 0 aromatic carbocycles. The molecule has 6 heteroatoms. The van der Waals surface area contributed by atoms with Crippen LogP contribution >= 0.6 is 12.2 Å². The van der Waals surface area contributed by atoms with E-state index in [1.807, 2.05) is 19.1 Å². The molecular weight excluding hydrogens is 260 g/mol. The van der Waals surface area contributed by atoms with Gasteiger partial charge in [-0.05, 0) is 25.5 Å². The van der Waals surface area contributed by atoms with E-state index in [1.54, 1.807) is 13.2 Å². The number of hydrogen-bond donors (Lipinski definition) is 2. The highest BCUT2D eigenvalue weighted by Crippen LogP contribution is 2.33. The Kier molecular flexibility index (Phi) is 3.71. The minimum absolute atomic E-state index is 0.0821. The maximum Gasteiger partial charge on any atom is 0.227 e. The van der Waals surface area contributed by atoms with Crippen molar-refractivity contribution in [3.8, 4) is 0 Å². The Morgan fingerprint density at radius 1 is 1.63 bits per heavy atom.